The van der Waals surface area contributed by atoms with Gasteiger partial charge in [0, 0.05) is 28.5 Å². The van der Waals surface area contributed by atoms with E-state index >= 15 is 0 Å². The van der Waals surface area contributed by atoms with Gasteiger partial charge < -0.3 is 20.1 Å². The van der Waals surface area contributed by atoms with Crippen molar-refractivity contribution in [3.05, 3.63) is 83.7 Å². The summed E-state index contributed by atoms with van der Waals surface area (Å²) in [4.78, 5) is 25.4. The van der Waals surface area contributed by atoms with Gasteiger partial charge in [-0.2, -0.15) is 0 Å². The minimum Gasteiger partial charge on any atom is -0.492 e. The van der Waals surface area contributed by atoms with E-state index in [-0.39, 0.29) is 28.6 Å². The van der Waals surface area contributed by atoms with Gasteiger partial charge >= 0.3 is 0 Å². The average molecular weight is 497 g/mol. The van der Waals surface area contributed by atoms with Crippen LogP contribution in [0.2, 0.25) is 0 Å². The molecule has 3 rings (SSSR count). The molecular formula is C27H29FN2O4S. The highest BCUT2D eigenvalue weighted by Gasteiger charge is 2.18. The predicted molar refractivity (Wildman–Crippen MR) is 139 cm³/mol. The zero-order valence-electron chi connectivity index (χ0n) is 20.0. The van der Waals surface area contributed by atoms with Crippen molar-refractivity contribution in [1.29, 1.82) is 0 Å². The van der Waals surface area contributed by atoms with Crippen LogP contribution in [-0.4, -0.2) is 30.8 Å². The molecule has 0 aromatic heterocycles. The molecule has 8 heteroatoms. The van der Waals surface area contributed by atoms with Crippen LogP contribution < -0.4 is 20.1 Å². The van der Waals surface area contributed by atoms with Gasteiger partial charge in [-0.3, -0.25) is 9.59 Å². The first-order valence-electron chi connectivity index (χ1n) is 11.4. The molecule has 1 unspecified atom stereocenters. The molecule has 0 radical (unpaired) electrons. The van der Waals surface area contributed by atoms with Crippen LogP contribution in [0.1, 0.15) is 41.9 Å². The average Bonchev–Trinajstić information content (AvgIpc) is 2.86. The lowest BCUT2D eigenvalue weighted by molar-refractivity contribution is -0.113. The Morgan fingerprint density at radius 3 is 2.06 bits per heavy atom. The fourth-order valence-electron chi connectivity index (χ4n) is 3.37. The number of rotatable bonds is 11. The SMILES string of the molecule is CCOc1cc(NC(=O)c2ccccc2)c(OCC)cc1NC(=O)CSC(C)c1ccccc1F. The summed E-state index contributed by atoms with van der Waals surface area (Å²) in [7, 11) is 0. The summed E-state index contributed by atoms with van der Waals surface area (Å²) in [6.45, 7) is 6.25. The molecule has 0 saturated heterocycles. The van der Waals surface area contributed by atoms with Crippen molar-refractivity contribution in [2.24, 2.45) is 0 Å². The van der Waals surface area contributed by atoms with E-state index in [4.69, 9.17) is 9.47 Å². The van der Waals surface area contributed by atoms with E-state index in [1.165, 1.54) is 17.8 Å². The zero-order valence-corrected chi connectivity index (χ0v) is 20.8. The Morgan fingerprint density at radius 2 is 1.46 bits per heavy atom. The van der Waals surface area contributed by atoms with Gasteiger partial charge in [-0.15, -0.1) is 11.8 Å². The van der Waals surface area contributed by atoms with Crippen molar-refractivity contribution >= 4 is 35.0 Å². The highest BCUT2D eigenvalue weighted by molar-refractivity contribution is 8.00. The third-order valence-electron chi connectivity index (χ3n) is 5.05. The molecule has 0 aliphatic rings. The molecule has 2 amide bonds. The first kappa shape index (κ1) is 26.1. The van der Waals surface area contributed by atoms with Gasteiger partial charge in [-0.1, -0.05) is 36.4 Å². The summed E-state index contributed by atoms with van der Waals surface area (Å²) in [6.07, 6.45) is 0. The van der Waals surface area contributed by atoms with Crippen molar-refractivity contribution in [2.45, 2.75) is 26.0 Å². The molecule has 1 atom stereocenters. The standard InChI is InChI=1S/C27H29FN2O4S/c1-4-33-24-16-23(30-27(32)19-11-7-6-8-12-19)25(34-5-2)15-22(24)29-26(31)17-35-18(3)20-13-9-10-14-21(20)28/h6-16,18H,4-5,17H2,1-3H3,(H,29,31)(H,30,32). The highest BCUT2D eigenvalue weighted by atomic mass is 32.2. The molecular weight excluding hydrogens is 467 g/mol. The first-order valence-corrected chi connectivity index (χ1v) is 12.4. The minimum absolute atomic E-state index is 0.123. The van der Waals surface area contributed by atoms with Gasteiger partial charge in [0.2, 0.25) is 5.91 Å². The first-order chi connectivity index (χ1) is 16.9. The van der Waals surface area contributed by atoms with Crippen LogP contribution in [0.15, 0.2) is 66.7 Å². The zero-order chi connectivity index (χ0) is 25.2. The lowest BCUT2D eigenvalue weighted by Crippen LogP contribution is -2.17. The largest absolute Gasteiger partial charge is 0.492 e. The highest BCUT2D eigenvalue weighted by Crippen LogP contribution is 2.37. The maximum atomic E-state index is 14.0. The van der Waals surface area contributed by atoms with Gasteiger partial charge in [0.05, 0.1) is 30.3 Å². The van der Waals surface area contributed by atoms with Crippen LogP contribution in [0.5, 0.6) is 11.5 Å². The van der Waals surface area contributed by atoms with Crippen molar-refractivity contribution in [2.75, 3.05) is 29.6 Å². The molecule has 2 N–H and O–H groups in total. The monoisotopic (exact) mass is 496 g/mol. The van der Waals surface area contributed by atoms with Gasteiger partial charge in [0.1, 0.15) is 17.3 Å². The second-order valence-electron chi connectivity index (χ2n) is 7.55. The molecule has 3 aromatic carbocycles. The number of thioether (sulfide) groups is 1. The van der Waals surface area contributed by atoms with E-state index in [1.807, 2.05) is 26.8 Å². The number of benzene rings is 3. The van der Waals surface area contributed by atoms with Gasteiger partial charge in [-0.05, 0) is 39.0 Å². The van der Waals surface area contributed by atoms with E-state index < -0.39 is 0 Å². The molecule has 0 aliphatic heterocycles. The quantitative estimate of drug-likeness (QED) is 0.325. The molecule has 0 fully saturated rings. The molecule has 0 spiro atoms. The van der Waals surface area contributed by atoms with Crippen LogP contribution in [0.3, 0.4) is 0 Å². The van der Waals surface area contributed by atoms with Crippen LogP contribution in [-0.2, 0) is 4.79 Å². The summed E-state index contributed by atoms with van der Waals surface area (Å²) in [6, 6.07) is 18.7. The molecule has 0 saturated carbocycles. The Kier molecular flexibility index (Phi) is 9.55. The third kappa shape index (κ3) is 7.23. The van der Waals surface area contributed by atoms with Crippen molar-refractivity contribution < 1.29 is 23.5 Å². The van der Waals surface area contributed by atoms with Crippen molar-refractivity contribution in [1.82, 2.24) is 0 Å². The molecule has 3 aromatic rings. The maximum absolute atomic E-state index is 14.0. The number of nitrogens with one attached hydrogen (secondary N) is 2. The number of halogens is 1. The minimum atomic E-state index is -0.291. The second kappa shape index (κ2) is 12.8. The van der Waals surface area contributed by atoms with E-state index in [2.05, 4.69) is 10.6 Å². The van der Waals surface area contributed by atoms with Crippen LogP contribution >= 0.6 is 11.8 Å². The Hall–Kier alpha value is -3.52. The lowest BCUT2D eigenvalue weighted by atomic mass is 10.1. The molecule has 35 heavy (non-hydrogen) atoms. The summed E-state index contributed by atoms with van der Waals surface area (Å²) < 4.78 is 25.5. The van der Waals surface area contributed by atoms with Gasteiger partial charge in [-0.25, -0.2) is 4.39 Å². The topological polar surface area (TPSA) is 76.7 Å². The number of anilines is 2. The summed E-state index contributed by atoms with van der Waals surface area (Å²) in [5.41, 5.74) is 1.92. The van der Waals surface area contributed by atoms with Crippen LogP contribution in [0.4, 0.5) is 15.8 Å². The molecule has 0 bridgehead atoms. The van der Waals surface area contributed by atoms with E-state index in [1.54, 1.807) is 54.6 Å². The van der Waals surface area contributed by atoms with Crippen molar-refractivity contribution in [3.63, 3.8) is 0 Å². The molecule has 6 nitrogen and oxygen atoms in total. The fourth-order valence-corrected chi connectivity index (χ4v) is 4.21. The van der Waals surface area contributed by atoms with E-state index in [0.717, 1.165) is 0 Å². The Bertz CT molecular complexity index is 1160. The fraction of sp³-hybridized carbons (Fsp3) is 0.259. The predicted octanol–water partition coefficient (Wildman–Crippen LogP) is 6.31. The Balaban J connectivity index is 1.76. The van der Waals surface area contributed by atoms with Crippen molar-refractivity contribution in [3.8, 4) is 11.5 Å². The lowest BCUT2D eigenvalue weighted by Gasteiger charge is -2.18. The number of hydrogen-bond acceptors (Lipinski definition) is 5. The Morgan fingerprint density at radius 1 is 0.886 bits per heavy atom. The maximum Gasteiger partial charge on any atom is 0.255 e. The summed E-state index contributed by atoms with van der Waals surface area (Å²) >= 11 is 1.33. The van der Waals surface area contributed by atoms with Gasteiger partial charge in [0.25, 0.3) is 5.91 Å². The normalized spacial score (nSPS) is 11.4. The van der Waals surface area contributed by atoms with E-state index in [0.29, 0.717) is 47.2 Å². The van der Waals surface area contributed by atoms with E-state index in [9.17, 15) is 14.0 Å². The van der Waals surface area contributed by atoms with Crippen LogP contribution in [0.25, 0.3) is 0 Å². The van der Waals surface area contributed by atoms with Crippen LogP contribution in [0, 0.1) is 5.82 Å². The third-order valence-corrected chi connectivity index (χ3v) is 6.23. The smallest absolute Gasteiger partial charge is 0.255 e. The second-order valence-corrected chi connectivity index (χ2v) is 8.88. The number of ether oxygens (including phenoxy) is 2. The number of carbonyl (C=O) groups is 2. The number of amides is 2. The summed E-state index contributed by atoms with van der Waals surface area (Å²) in [5.74, 6) is 0.0908. The summed E-state index contributed by atoms with van der Waals surface area (Å²) in [5, 5.41) is 5.52. The Labute approximate surface area is 209 Å². The molecule has 0 aliphatic carbocycles. The van der Waals surface area contributed by atoms with Gasteiger partial charge in [0.15, 0.2) is 0 Å². The number of hydrogen-bond donors (Lipinski definition) is 2. The number of carbonyl (C=O) groups excluding carboxylic acids is 2. The molecule has 0 heterocycles. The molecule has 184 valence electrons.